The van der Waals surface area contributed by atoms with Crippen molar-refractivity contribution >= 4 is 0 Å². The number of hydrogen-bond acceptors (Lipinski definition) is 2. The van der Waals surface area contributed by atoms with Crippen LogP contribution in [0.3, 0.4) is 0 Å². The first-order valence-electron chi connectivity index (χ1n) is 5.79. The minimum absolute atomic E-state index is 0.352. The van der Waals surface area contributed by atoms with E-state index in [9.17, 15) is 0 Å². The van der Waals surface area contributed by atoms with E-state index in [1.807, 2.05) is 12.3 Å². The van der Waals surface area contributed by atoms with Crippen molar-refractivity contribution in [2.75, 3.05) is 19.7 Å². The molecule has 1 aliphatic rings. The van der Waals surface area contributed by atoms with Crippen molar-refractivity contribution in [2.45, 2.75) is 25.8 Å². The third kappa shape index (κ3) is 2.41. The summed E-state index contributed by atoms with van der Waals surface area (Å²) in [6.07, 6.45) is 4.23. The monoisotopic (exact) mass is 208 g/mol. The van der Waals surface area contributed by atoms with Crippen molar-refractivity contribution in [2.24, 2.45) is 5.92 Å². The van der Waals surface area contributed by atoms with Gasteiger partial charge in [0.15, 0.2) is 0 Å². The number of aromatic amines is 1. The Morgan fingerprint density at radius 3 is 2.80 bits per heavy atom. The van der Waals surface area contributed by atoms with E-state index in [1.54, 1.807) is 0 Å². The molecule has 1 saturated heterocycles. The number of aliphatic hydroxyl groups is 1. The van der Waals surface area contributed by atoms with E-state index in [4.69, 9.17) is 5.11 Å². The van der Waals surface area contributed by atoms with Crippen molar-refractivity contribution in [3.63, 3.8) is 0 Å². The Balaban J connectivity index is 1.90. The number of nitrogens with zero attached hydrogens (tertiary/aromatic N) is 1. The molecule has 2 N–H and O–H groups in total. The van der Waals surface area contributed by atoms with Gasteiger partial charge in [0, 0.05) is 24.5 Å². The maximum atomic E-state index is 9.08. The summed E-state index contributed by atoms with van der Waals surface area (Å²) in [4.78, 5) is 5.75. The van der Waals surface area contributed by atoms with Crippen LogP contribution >= 0.6 is 0 Å². The van der Waals surface area contributed by atoms with Crippen LogP contribution in [0.15, 0.2) is 18.3 Å². The first kappa shape index (κ1) is 10.7. The quantitative estimate of drug-likeness (QED) is 0.794. The van der Waals surface area contributed by atoms with Gasteiger partial charge in [0.1, 0.15) is 0 Å². The average molecular weight is 208 g/mol. The summed E-state index contributed by atoms with van der Waals surface area (Å²) >= 11 is 0. The molecule has 0 aliphatic carbocycles. The second-order valence-corrected chi connectivity index (χ2v) is 4.46. The van der Waals surface area contributed by atoms with Crippen LogP contribution in [0.5, 0.6) is 0 Å². The summed E-state index contributed by atoms with van der Waals surface area (Å²) in [5.74, 6) is 0.525. The Bertz CT molecular complexity index is 276. The lowest BCUT2D eigenvalue weighted by atomic mass is 9.96. The molecule has 1 aliphatic heterocycles. The van der Waals surface area contributed by atoms with Crippen LogP contribution in [0, 0.1) is 5.92 Å². The fourth-order valence-corrected chi connectivity index (χ4v) is 2.32. The molecule has 1 fully saturated rings. The molecular weight excluding hydrogens is 188 g/mol. The highest BCUT2D eigenvalue weighted by Crippen LogP contribution is 2.25. The van der Waals surface area contributed by atoms with Crippen molar-refractivity contribution in [1.82, 2.24) is 9.88 Å². The standard InChI is InChI=1S/C12H20N2O/c1-10(12-3-2-6-13-12)14-7-4-11(9-15)5-8-14/h2-3,6,10-11,13,15H,4-5,7-9H2,1H3. The second kappa shape index (κ2) is 4.81. The normalized spacial score (nSPS) is 21.7. The van der Waals surface area contributed by atoms with Crippen molar-refractivity contribution < 1.29 is 5.11 Å². The van der Waals surface area contributed by atoms with Gasteiger partial charge in [0.25, 0.3) is 0 Å². The third-order valence-electron chi connectivity index (χ3n) is 3.53. The first-order valence-corrected chi connectivity index (χ1v) is 5.79. The molecule has 84 valence electrons. The van der Waals surface area contributed by atoms with Crippen LogP contribution in [0.1, 0.15) is 31.5 Å². The van der Waals surface area contributed by atoms with Gasteiger partial charge < -0.3 is 10.1 Å². The van der Waals surface area contributed by atoms with Gasteiger partial charge in [0.05, 0.1) is 0 Å². The smallest absolute Gasteiger partial charge is 0.0470 e. The lowest BCUT2D eigenvalue weighted by Crippen LogP contribution is -2.36. The number of H-pyrrole nitrogens is 1. The molecule has 0 aromatic carbocycles. The highest BCUT2D eigenvalue weighted by Gasteiger charge is 2.23. The Labute approximate surface area is 91.1 Å². The van der Waals surface area contributed by atoms with E-state index < -0.39 is 0 Å². The number of aliphatic hydroxyl groups excluding tert-OH is 1. The largest absolute Gasteiger partial charge is 0.396 e. The van der Waals surface area contributed by atoms with Gasteiger partial charge >= 0.3 is 0 Å². The van der Waals surface area contributed by atoms with Crippen LogP contribution in [0.25, 0.3) is 0 Å². The number of aromatic nitrogens is 1. The number of hydrogen-bond donors (Lipinski definition) is 2. The maximum absolute atomic E-state index is 9.08. The summed E-state index contributed by atoms with van der Waals surface area (Å²) in [7, 11) is 0. The fourth-order valence-electron chi connectivity index (χ4n) is 2.32. The molecule has 3 nitrogen and oxygen atoms in total. The van der Waals surface area contributed by atoms with Crippen LogP contribution in [0.4, 0.5) is 0 Å². The SMILES string of the molecule is CC(c1ccc[nH]1)N1CCC(CO)CC1. The predicted octanol–water partition coefficient (Wildman–Crippen LogP) is 1.78. The molecule has 2 rings (SSSR count). The Hall–Kier alpha value is -0.800. The third-order valence-corrected chi connectivity index (χ3v) is 3.53. The summed E-state index contributed by atoms with van der Waals surface area (Å²) in [6.45, 7) is 4.80. The molecule has 15 heavy (non-hydrogen) atoms. The summed E-state index contributed by atoms with van der Waals surface area (Å²) in [6, 6.07) is 4.66. The Morgan fingerprint density at radius 1 is 1.53 bits per heavy atom. The zero-order valence-corrected chi connectivity index (χ0v) is 9.32. The highest BCUT2D eigenvalue weighted by molar-refractivity contribution is 5.08. The van der Waals surface area contributed by atoms with Crippen LogP contribution < -0.4 is 0 Å². The number of piperidine rings is 1. The van der Waals surface area contributed by atoms with Crippen LogP contribution in [0.2, 0.25) is 0 Å². The number of likely N-dealkylation sites (tertiary alicyclic amines) is 1. The number of rotatable bonds is 3. The van der Waals surface area contributed by atoms with Gasteiger partial charge in [-0.1, -0.05) is 0 Å². The Morgan fingerprint density at radius 2 is 2.27 bits per heavy atom. The Kier molecular flexibility index (Phi) is 3.44. The molecule has 0 radical (unpaired) electrons. The molecule has 1 atom stereocenters. The fraction of sp³-hybridized carbons (Fsp3) is 0.667. The molecule has 0 saturated carbocycles. The zero-order chi connectivity index (χ0) is 10.7. The molecule has 3 heteroatoms. The molecule has 1 aromatic rings. The average Bonchev–Trinajstić information content (AvgIpc) is 2.82. The van der Waals surface area contributed by atoms with Crippen molar-refractivity contribution in [3.05, 3.63) is 24.0 Å². The first-order chi connectivity index (χ1) is 7.31. The molecule has 2 heterocycles. The van der Waals surface area contributed by atoms with Crippen LogP contribution in [-0.2, 0) is 0 Å². The van der Waals surface area contributed by atoms with E-state index in [1.165, 1.54) is 5.69 Å². The lowest BCUT2D eigenvalue weighted by Gasteiger charge is -2.35. The van der Waals surface area contributed by atoms with Gasteiger partial charge in [-0.25, -0.2) is 0 Å². The molecule has 0 spiro atoms. The van der Waals surface area contributed by atoms with Gasteiger partial charge in [-0.3, -0.25) is 4.90 Å². The van der Waals surface area contributed by atoms with Gasteiger partial charge in [-0.15, -0.1) is 0 Å². The van der Waals surface area contributed by atoms with E-state index in [-0.39, 0.29) is 0 Å². The maximum Gasteiger partial charge on any atom is 0.0470 e. The molecule has 0 bridgehead atoms. The van der Waals surface area contributed by atoms with E-state index in [0.717, 1.165) is 25.9 Å². The highest BCUT2D eigenvalue weighted by atomic mass is 16.3. The molecule has 1 aromatic heterocycles. The second-order valence-electron chi connectivity index (χ2n) is 4.46. The van der Waals surface area contributed by atoms with E-state index >= 15 is 0 Å². The van der Waals surface area contributed by atoms with E-state index in [0.29, 0.717) is 18.6 Å². The summed E-state index contributed by atoms with van der Waals surface area (Å²) in [5, 5.41) is 9.08. The van der Waals surface area contributed by atoms with Gasteiger partial charge in [-0.2, -0.15) is 0 Å². The van der Waals surface area contributed by atoms with Crippen LogP contribution in [-0.4, -0.2) is 34.7 Å². The molecular formula is C12H20N2O. The summed E-state index contributed by atoms with van der Waals surface area (Å²) in [5.41, 5.74) is 1.29. The predicted molar refractivity (Wildman–Crippen MR) is 60.6 cm³/mol. The van der Waals surface area contributed by atoms with Gasteiger partial charge in [-0.05, 0) is 50.9 Å². The van der Waals surface area contributed by atoms with Gasteiger partial charge in [0.2, 0.25) is 0 Å². The lowest BCUT2D eigenvalue weighted by molar-refractivity contribution is 0.105. The minimum Gasteiger partial charge on any atom is -0.396 e. The summed E-state index contributed by atoms with van der Waals surface area (Å²) < 4.78 is 0. The topological polar surface area (TPSA) is 39.3 Å². The molecule has 1 unspecified atom stereocenters. The van der Waals surface area contributed by atoms with Crippen molar-refractivity contribution in [3.8, 4) is 0 Å². The molecule has 0 amide bonds. The van der Waals surface area contributed by atoms with Crippen molar-refractivity contribution in [1.29, 1.82) is 0 Å². The van der Waals surface area contributed by atoms with E-state index in [2.05, 4.69) is 22.9 Å². The minimum atomic E-state index is 0.352. The number of nitrogens with one attached hydrogen (secondary N) is 1. The zero-order valence-electron chi connectivity index (χ0n) is 9.32.